The molecule has 0 bridgehead atoms. The van der Waals surface area contributed by atoms with Crippen LogP contribution in [0.5, 0.6) is 0 Å². The maximum Gasteiger partial charge on any atom is 0.159 e. The number of benzene rings is 1. The number of rotatable bonds is 2. The van der Waals surface area contributed by atoms with Crippen LogP contribution < -0.4 is 5.32 Å². The summed E-state index contributed by atoms with van der Waals surface area (Å²) >= 11 is 0. The van der Waals surface area contributed by atoms with E-state index in [9.17, 15) is 8.78 Å². The van der Waals surface area contributed by atoms with E-state index in [-0.39, 0.29) is 6.04 Å². The fourth-order valence-corrected chi connectivity index (χ4v) is 0.948. The number of halogens is 2. The summed E-state index contributed by atoms with van der Waals surface area (Å²) in [5.74, 6) is -1.60. The van der Waals surface area contributed by atoms with Crippen LogP contribution in [0.2, 0.25) is 0 Å². The fraction of sp³-hybridized carbons (Fsp3) is 0.455. The molecule has 3 heteroatoms. The molecule has 1 aromatic carbocycles. The first-order valence-corrected chi connectivity index (χ1v) is 4.77. The van der Waals surface area contributed by atoms with Gasteiger partial charge >= 0.3 is 0 Å². The van der Waals surface area contributed by atoms with Gasteiger partial charge in [0.25, 0.3) is 0 Å². The summed E-state index contributed by atoms with van der Waals surface area (Å²) in [5, 5.41) is 2.94. The molecule has 1 aromatic rings. The molecule has 1 atom stereocenters. The van der Waals surface area contributed by atoms with Crippen LogP contribution in [0.15, 0.2) is 18.2 Å². The Bertz CT molecular complexity index is 274. The lowest BCUT2D eigenvalue weighted by Crippen LogP contribution is -2.12. The van der Waals surface area contributed by atoms with Crippen molar-refractivity contribution in [1.29, 1.82) is 0 Å². The third-order valence-corrected chi connectivity index (χ3v) is 1.88. The predicted octanol–water partition coefficient (Wildman–Crippen LogP) is 3.27. The van der Waals surface area contributed by atoms with Crippen molar-refractivity contribution in [3.63, 3.8) is 0 Å². The molecule has 1 N–H and O–H groups in total. The molecular formula is C11H17F2N. The minimum absolute atomic E-state index is 0.0418. The summed E-state index contributed by atoms with van der Waals surface area (Å²) in [6.07, 6.45) is 0. The molecule has 0 saturated heterocycles. The monoisotopic (exact) mass is 201 g/mol. The van der Waals surface area contributed by atoms with Gasteiger partial charge in [0.15, 0.2) is 11.6 Å². The second-order valence-electron chi connectivity index (χ2n) is 2.68. The number of hydrogen-bond acceptors (Lipinski definition) is 1. The summed E-state index contributed by atoms with van der Waals surface area (Å²) in [4.78, 5) is 0. The van der Waals surface area contributed by atoms with Gasteiger partial charge in [0.1, 0.15) is 0 Å². The predicted molar refractivity (Wildman–Crippen MR) is 55.2 cm³/mol. The van der Waals surface area contributed by atoms with Gasteiger partial charge in [-0.25, -0.2) is 8.78 Å². The van der Waals surface area contributed by atoms with Crippen molar-refractivity contribution in [2.24, 2.45) is 0 Å². The second-order valence-corrected chi connectivity index (χ2v) is 2.68. The lowest BCUT2D eigenvalue weighted by atomic mass is 10.1. The molecule has 1 rings (SSSR count). The molecule has 1 unspecified atom stereocenters. The Morgan fingerprint density at radius 2 is 1.71 bits per heavy atom. The van der Waals surface area contributed by atoms with Gasteiger partial charge in [0, 0.05) is 6.04 Å². The summed E-state index contributed by atoms with van der Waals surface area (Å²) in [5.41, 5.74) is 0.747. The Kier molecular flexibility index (Phi) is 6.04. The number of nitrogens with one attached hydrogen (secondary N) is 1. The van der Waals surface area contributed by atoms with Crippen molar-refractivity contribution in [1.82, 2.24) is 5.32 Å². The molecule has 0 saturated carbocycles. The minimum Gasteiger partial charge on any atom is -0.313 e. The molecular weight excluding hydrogens is 184 g/mol. The maximum atomic E-state index is 12.7. The topological polar surface area (TPSA) is 12.0 Å². The van der Waals surface area contributed by atoms with Crippen molar-refractivity contribution in [3.05, 3.63) is 35.4 Å². The molecule has 0 aliphatic rings. The van der Waals surface area contributed by atoms with Crippen LogP contribution in [0.4, 0.5) is 8.78 Å². The summed E-state index contributed by atoms with van der Waals surface area (Å²) in [7, 11) is 1.77. The molecule has 0 aliphatic carbocycles. The number of hydrogen-bond donors (Lipinski definition) is 1. The lowest BCUT2D eigenvalue weighted by molar-refractivity contribution is 0.504. The lowest BCUT2D eigenvalue weighted by Gasteiger charge is -2.09. The zero-order valence-electron chi connectivity index (χ0n) is 9.07. The first-order valence-electron chi connectivity index (χ1n) is 4.77. The maximum absolute atomic E-state index is 12.7. The summed E-state index contributed by atoms with van der Waals surface area (Å²) in [6, 6.07) is 3.95. The highest BCUT2D eigenvalue weighted by Gasteiger charge is 2.06. The molecule has 14 heavy (non-hydrogen) atoms. The van der Waals surface area contributed by atoms with E-state index in [1.54, 1.807) is 13.1 Å². The van der Waals surface area contributed by atoms with Crippen LogP contribution >= 0.6 is 0 Å². The van der Waals surface area contributed by atoms with E-state index < -0.39 is 11.6 Å². The molecule has 0 aromatic heterocycles. The SMILES string of the molecule is CC.CNC(C)c1ccc(F)c(F)c1. The van der Waals surface area contributed by atoms with E-state index in [0.29, 0.717) is 0 Å². The van der Waals surface area contributed by atoms with Crippen LogP contribution in [0.25, 0.3) is 0 Å². The Balaban J connectivity index is 0.000000791. The highest BCUT2D eigenvalue weighted by molar-refractivity contribution is 5.20. The summed E-state index contributed by atoms with van der Waals surface area (Å²) < 4.78 is 25.1. The van der Waals surface area contributed by atoms with E-state index in [1.165, 1.54) is 6.07 Å². The zero-order valence-corrected chi connectivity index (χ0v) is 9.07. The van der Waals surface area contributed by atoms with Gasteiger partial charge in [0.05, 0.1) is 0 Å². The van der Waals surface area contributed by atoms with E-state index in [0.717, 1.165) is 11.6 Å². The third kappa shape index (κ3) is 3.42. The standard InChI is InChI=1S/C9H11F2N.C2H6/c1-6(12-2)7-3-4-8(10)9(11)5-7;1-2/h3-6,12H,1-2H3;1-2H3. The van der Waals surface area contributed by atoms with E-state index in [1.807, 2.05) is 20.8 Å². The Morgan fingerprint density at radius 3 is 2.14 bits per heavy atom. The normalized spacial score (nSPS) is 11.6. The molecule has 0 fully saturated rings. The molecule has 0 spiro atoms. The van der Waals surface area contributed by atoms with Crippen LogP contribution in [-0.2, 0) is 0 Å². The van der Waals surface area contributed by atoms with Crippen molar-refractivity contribution >= 4 is 0 Å². The molecule has 0 heterocycles. The van der Waals surface area contributed by atoms with Gasteiger partial charge in [0.2, 0.25) is 0 Å². The quantitative estimate of drug-likeness (QED) is 0.774. The molecule has 0 aliphatic heterocycles. The largest absolute Gasteiger partial charge is 0.313 e. The average molecular weight is 201 g/mol. The highest BCUT2D eigenvalue weighted by atomic mass is 19.2. The van der Waals surface area contributed by atoms with Crippen LogP contribution in [-0.4, -0.2) is 7.05 Å². The Hall–Kier alpha value is -0.960. The molecule has 1 nitrogen and oxygen atoms in total. The van der Waals surface area contributed by atoms with Crippen molar-refractivity contribution in [3.8, 4) is 0 Å². The van der Waals surface area contributed by atoms with Gasteiger partial charge in [-0.1, -0.05) is 19.9 Å². The Morgan fingerprint density at radius 1 is 1.14 bits per heavy atom. The van der Waals surface area contributed by atoms with Crippen molar-refractivity contribution < 1.29 is 8.78 Å². The Labute approximate surface area is 84.1 Å². The van der Waals surface area contributed by atoms with Crippen molar-refractivity contribution in [2.75, 3.05) is 7.05 Å². The minimum atomic E-state index is -0.804. The van der Waals surface area contributed by atoms with Crippen LogP contribution in [0, 0.1) is 11.6 Å². The van der Waals surface area contributed by atoms with Gasteiger partial charge in [-0.05, 0) is 31.7 Å². The zero-order chi connectivity index (χ0) is 11.1. The van der Waals surface area contributed by atoms with Gasteiger partial charge in [-0.3, -0.25) is 0 Å². The van der Waals surface area contributed by atoms with Gasteiger partial charge < -0.3 is 5.32 Å². The van der Waals surface area contributed by atoms with E-state index in [4.69, 9.17) is 0 Å². The summed E-state index contributed by atoms with van der Waals surface area (Å²) in [6.45, 7) is 5.88. The van der Waals surface area contributed by atoms with Gasteiger partial charge in [-0.15, -0.1) is 0 Å². The van der Waals surface area contributed by atoms with Gasteiger partial charge in [-0.2, -0.15) is 0 Å². The van der Waals surface area contributed by atoms with Crippen LogP contribution in [0.1, 0.15) is 32.4 Å². The van der Waals surface area contributed by atoms with Crippen LogP contribution in [0.3, 0.4) is 0 Å². The fourth-order valence-electron chi connectivity index (χ4n) is 0.948. The second kappa shape index (κ2) is 6.49. The molecule has 0 amide bonds. The highest BCUT2D eigenvalue weighted by Crippen LogP contribution is 2.14. The first-order chi connectivity index (χ1) is 6.65. The molecule has 80 valence electrons. The van der Waals surface area contributed by atoms with E-state index in [2.05, 4.69) is 5.32 Å². The average Bonchev–Trinajstić information content (AvgIpc) is 2.24. The smallest absolute Gasteiger partial charge is 0.159 e. The molecule has 0 radical (unpaired) electrons. The first kappa shape index (κ1) is 13.0. The third-order valence-electron chi connectivity index (χ3n) is 1.88. The van der Waals surface area contributed by atoms with E-state index >= 15 is 0 Å². The van der Waals surface area contributed by atoms with Crippen molar-refractivity contribution in [2.45, 2.75) is 26.8 Å².